The third-order valence-corrected chi connectivity index (χ3v) is 6.61. The summed E-state index contributed by atoms with van der Waals surface area (Å²) < 4.78 is 6.47. The number of piperidine rings is 1. The standard InChI is InChI=1S/C28H29N3O2/c1-19-9-11-21(12-10-19)28(32)30-25-23-7-3-4-8-24(23)33-27(25)26(22-6-5-15-29-18-22)31-16-13-20(2)14-17-31/h3-12,15,18,20,26H,13-14,16-17H2,1-2H3,(H,30,32)/t26-/m1/s1. The number of aromatic nitrogens is 1. The molecule has 0 spiro atoms. The Hall–Kier alpha value is -3.44. The number of aryl methyl sites for hydroxylation is 1. The van der Waals surface area contributed by atoms with Crippen molar-refractivity contribution in [3.63, 3.8) is 0 Å². The van der Waals surface area contributed by atoms with Gasteiger partial charge in [0.25, 0.3) is 5.91 Å². The SMILES string of the molecule is Cc1ccc(C(=O)Nc2c([C@@H](c3cccnc3)N3CCC(C)CC3)oc3ccccc23)cc1. The largest absolute Gasteiger partial charge is 0.457 e. The second-order valence-corrected chi connectivity index (χ2v) is 9.07. The summed E-state index contributed by atoms with van der Waals surface area (Å²) in [6.45, 7) is 6.28. The Morgan fingerprint density at radius 3 is 2.55 bits per heavy atom. The van der Waals surface area contributed by atoms with Crippen LogP contribution in [0.4, 0.5) is 5.69 Å². The van der Waals surface area contributed by atoms with Crippen molar-refractivity contribution in [2.45, 2.75) is 32.7 Å². The van der Waals surface area contributed by atoms with Crippen LogP contribution in [0.25, 0.3) is 11.0 Å². The zero-order valence-electron chi connectivity index (χ0n) is 19.1. The van der Waals surface area contributed by atoms with Gasteiger partial charge in [-0.25, -0.2) is 0 Å². The number of furan rings is 1. The minimum Gasteiger partial charge on any atom is -0.457 e. The summed E-state index contributed by atoms with van der Waals surface area (Å²) in [6.07, 6.45) is 5.98. The zero-order chi connectivity index (χ0) is 22.8. The molecule has 5 nitrogen and oxygen atoms in total. The Morgan fingerprint density at radius 2 is 1.82 bits per heavy atom. The summed E-state index contributed by atoms with van der Waals surface area (Å²) in [5.41, 5.74) is 4.32. The number of anilines is 1. The molecule has 3 heterocycles. The minimum atomic E-state index is -0.139. The van der Waals surface area contributed by atoms with Crippen LogP contribution in [-0.2, 0) is 0 Å². The van der Waals surface area contributed by atoms with Crippen LogP contribution >= 0.6 is 0 Å². The van der Waals surface area contributed by atoms with Crippen molar-refractivity contribution in [1.82, 2.24) is 9.88 Å². The molecular weight excluding hydrogens is 410 g/mol. The molecule has 168 valence electrons. The van der Waals surface area contributed by atoms with Crippen molar-refractivity contribution in [1.29, 1.82) is 0 Å². The summed E-state index contributed by atoms with van der Waals surface area (Å²) in [4.78, 5) is 20.1. The van der Waals surface area contributed by atoms with Crippen LogP contribution in [0.15, 0.2) is 77.5 Å². The second-order valence-electron chi connectivity index (χ2n) is 9.07. The second kappa shape index (κ2) is 9.20. The van der Waals surface area contributed by atoms with Gasteiger partial charge in [0.15, 0.2) is 5.76 Å². The van der Waals surface area contributed by atoms with E-state index >= 15 is 0 Å². The highest BCUT2D eigenvalue weighted by molar-refractivity contribution is 6.09. The first-order valence-electron chi connectivity index (χ1n) is 11.6. The number of pyridine rings is 1. The molecule has 2 aromatic carbocycles. The quantitative estimate of drug-likeness (QED) is 0.402. The van der Waals surface area contributed by atoms with Gasteiger partial charge >= 0.3 is 0 Å². The summed E-state index contributed by atoms with van der Waals surface area (Å²) in [5, 5.41) is 4.10. The number of rotatable bonds is 5. The number of hydrogen-bond donors (Lipinski definition) is 1. The van der Waals surface area contributed by atoms with Crippen molar-refractivity contribution in [3.8, 4) is 0 Å². The van der Waals surface area contributed by atoms with Gasteiger partial charge in [0.05, 0.1) is 11.7 Å². The van der Waals surface area contributed by atoms with E-state index in [9.17, 15) is 4.79 Å². The summed E-state index contributed by atoms with van der Waals surface area (Å²) >= 11 is 0. The molecule has 1 saturated heterocycles. The molecule has 33 heavy (non-hydrogen) atoms. The predicted molar refractivity (Wildman–Crippen MR) is 131 cm³/mol. The van der Waals surface area contributed by atoms with Gasteiger partial charge in [-0.05, 0) is 74.7 Å². The van der Waals surface area contributed by atoms with E-state index < -0.39 is 0 Å². The lowest BCUT2D eigenvalue weighted by molar-refractivity contribution is 0.102. The number of benzene rings is 2. The van der Waals surface area contributed by atoms with E-state index in [0.717, 1.165) is 59.5 Å². The Labute approximate surface area is 194 Å². The number of carbonyl (C=O) groups excluding carboxylic acids is 1. The first kappa shape index (κ1) is 21.4. The molecule has 5 heteroatoms. The molecule has 0 aliphatic carbocycles. The fraction of sp³-hybridized carbons (Fsp3) is 0.286. The third-order valence-electron chi connectivity index (χ3n) is 6.61. The Morgan fingerprint density at radius 1 is 1.06 bits per heavy atom. The van der Waals surface area contributed by atoms with Crippen LogP contribution in [0.1, 0.15) is 53.1 Å². The lowest BCUT2D eigenvalue weighted by Gasteiger charge is -2.36. The highest BCUT2D eigenvalue weighted by Gasteiger charge is 2.32. The predicted octanol–water partition coefficient (Wildman–Crippen LogP) is 6.21. The van der Waals surface area contributed by atoms with Crippen molar-refractivity contribution < 1.29 is 9.21 Å². The van der Waals surface area contributed by atoms with Crippen molar-refractivity contribution >= 4 is 22.6 Å². The van der Waals surface area contributed by atoms with E-state index in [2.05, 4.69) is 28.2 Å². The van der Waals surface area contributed by atoms with E-state index in [1.54, 1.807) is 6.20 Å². The fourth-order valence-corrected chi connectivity index (χ4v) is 4.63. The number of fused-ring (bicyclic) bond motifs is 1. The lowest BCUT2D eigenvalue weighted by Crippen LogP contribution is -2.37. The number of hydrogen-bond acceptors (Lipinski definition) is 4. The van der Waals surface area contributed by atoms with Crippen molar-refractivity contribution in [2.24, 2.45) is 5.92 Å². The smallest absolute Gasteiger partial charge is 0.255 e. The van der Waals surface area contributed by atoms with Crippen LogP contribution in [-0.4, -0.2) is 28.9 Å². The van der Waals surface area contributed by atoms with Crippen molar-refractivity contribution in [2.75, 3.05) is 18.4 Å². The van der Waals surface area contributed by atoms with Gasteiger partial charge in [-0.1, -0.05) is 42.8 Å². The molecule has 1 amide bonds. The molecule has 4 aromatic rings. The van der Waals surface area contributed by atoms with Crippen LogP contribution in [0.2, 0.25) is 0 Å². The molecule has 1 aliphatic heterocycles. The molecule has 2 aromatic heterocycles. The Balaban J connectivity index is 1.60. The summed E-state index contributed by atoms with van der Waals surface area (Å²) in [5.74, 6) is 1.34. The number of amides is 1. The van der Waals surface area contributed by atoms with Gasteiger partial charge in [-0.3, -0.25) is 14.7 Å². The van der Waals surface area contributed by atoms with E-state index in [1.165, 1.54) is 0 Å². The van der Waals surface area contributed by atoms with E-state index in [1.807, 2.05) is 67.7 Å². The molecule has 1 fully saturated rings. The first-order valence-corrected chi connectivity index (χ1v) is 11.6. The maximum absolute atomic E-state index is 13.2. The van der Waals surface area contributed by atoms with Crippen LogP contribution in [0.3, 0.4) is 0 Å². The van der Waals surface area contributed by atoms with Gasteiger partial charge in [0.2, 0.25) is 0 Å². The summed E-state index contributed by atoms with van der Waals surface area (Å²) in [7, 11) is 0. The van der Waals surface area contributed by atoms with Crippen LogP contribution < -0.4 is 5.32 Å². The third kappa shape index (κ3) is 4.41. The zero-order valence-corrected chi connectivity index (χ0v) is 19.1. The maximum Gasteiger partial charge on any atom is 0.255 e. The highest BCUT2D eigenvalue weighted by atomic mass is 16.3. The topological polar surface area (TPSA) is 58.4 Å². The monoisotopic (exact) mass is 439 g/mol. The van der Waals surface area contributed by atoms with Gasteiger partial charge in [-0.15, -0.1) is 0 Å². The fourth-order valence-electron chi connectivity index (χ4n) is 4.63. The average molecular weight is 440 g/mol. The summed E-state index contributed by atoms with van der Waals surface area (Å²) in [6, 6.07) is 19.5. The number of nitrogens with zero attached hydrogens (tertiary/aromatic N) is 2. The average Bonchev–Trinajstić information content (AvgIpc) is 3.19. The lowest BCUT2D eigenvalue weighted by atomic mass is 9.94. The Kier molecular flexibility index (Phi) is 5.97. The first-order chi connectivity index (χ1) is 16.1. The number of likely N-dealkylation sites (tertiary alicyclic amines) is 1. The van der Waals surface area contributed by atoms with E-state index in [-0.39, 0.29) is 11.9 Å². The molecule has 1 aliphatic rings. The Bertz CT molecular complexity index is 1240. The minimum absolute atomic E-state index is 0.119. The van der Waals surface area contributed by atoms with Crippen molar-refractivity contribution in [3.05, 3.63) is 95.5 Å². The molecular formula is C28H29N3O2. The van der Waals surface area contributed by atoms with Gasteiger partial charge in [0.1, 0.15) is 5.58 Å². The number of carbonyl (C=O) groups is 1. The van der Waals surface area contributed by atoms with Crippen LogP contribution in [0, 0.1) is 12.8 Å². The van der Waals surface area contributed by atoms with Gasteiger partial charge < -0.3 is 9.73 Å². The van der Waals surface area contributed by atoms with E-state index in [4.69, 9.17) is 4.42 Å². The molecule has 0 saturated carbocycles. The molecule has 1 atom stereocenters. The van der Waals surface area contributed by atoms with E-state index in [0.29, 0.717) is 11.5 Å². The molecule has 0 bridgehead atoms. The van der Waals surface area contributed by atoms with Gasteiger partial charge in [0, 0.05) is 23.3 Å². The normalized spacial score (nSPS) is 16.1. The maximum atomic E-state index is 13.2. The molecule has 5 rings (SSSR count). The number of para-hydroxylation sites is 1. The van der Waals surface area contributed by atoms with Gasteiger partial charge in [-0.2, -0.15) is 0 Å². The molecule has 0 unspecified atom stereocenters. The molecule has 0 radical (unpaired) electrons. The highest BCUT2D eigenvalue weighted by Crippen LogP contribution is 2.41. The van der Waals surface area contributed by atoms with Crippen LogP contribution in [0.5, 0.6) is 0 Å². The molecule has 1 N–H and O–H groups in total. The number of nitrogens with one attached hydrogen (secondary N) is 1.